The summed E-state index contributed by atoms with van der Waals surface area (Å²) in [5.74, 6) is 0.637. The van der Waals surface area contributed by atoms with Gasteiger partial charge in [-0.2, -0.15) is 5.10 Å². The molecule has 0 saturated carbocycles. The van der Waals surface area contributed by atoms with E-state index in [0.29, 0.717) is 5.92 Å². The Kier molecular flexibility index (Phi) is 3.75. The quantitative estimate of drug-likeness (QED) is 0.783. The standard InChI is InChI=1S/C14H17N5S/c1-10(2)7-15-9-13-17-18-14(20-13)19-12-6-4-3-5-11(12)8-16-19/h3-6,8,10,15H,7,9H2,1-2H3. The molecular weight excluding hydrogens is 270 g/mol. The highest BCUT2D eigenvalue weighted by atomic mass is 32.1. The van der Waals surface area contributed by atoms with Crippen molar-refractivity contribution in [2.75, 3.05) is 6.54 Å². The minimum Gasteiger partial charge on any atom is -0.310 e. The number of nitrogens with zero attached hydrogens (tertiary/aromatic N) is 4. The van der Waals surface area contributed by atoms with Crippen LogP contribution in [0, 0.1) is 5.92 Å². The second-order valence-corrected chi connectivity index (χ2v) is 6.16. The molecule has 0 unspecified atom stereocenters. The number of para-hydroxylation sites is 1. The monoisotopic (exact) mass is 287 g/mol. The summed E-state index contributed by atoms with van der Waals surface area (Å²) in [5.41, 5.74) is 1.06. The number of aromatic nitrogens is 4. The van der Waals surface area contributed by atoms with E-state index >= 15 is 0 Å². The number of hydrogen-bond acceptors (Lipinski definition) is 5. The van der Waals surface area contributed by atoms with E-state index in [1.165, 1.54) is 0 Å². The van der Waals surface area contributed by atoms with Gasteiger partial charge >= 0.3 is 0 Å². The number of fused-ring (bicyclic) bond motifs is 1. The van der Waals surface area contributed by atoms with Crippen molar-refractivity contribution in [2.45, 2.75) is 20.4 Å². The van der Waals surface area contributed by atoms with Crippen LogP contribution in [-0.4, -0.2) is 26.5 Å². The van der Waals surface area contributed by atoms with Gasteiger partial charge in [0.25, 0.3) is 0 Å². The molecule has 0 atom stereocenters. The molecule has 0 spiro atoms. The molecule has 0 radical (unpaired) electrons. The Labute approximate surface area is 121 Å². The lowest BCUT2D eigenvalue weighted by Gasteiger charge is -2.03. The predicted octanol–water partition coefficient (Wildman–Crippen LogP) is 2.62. The number of benzene rings is 1. The highest BCUT2D eigenvalue weighted by Gasteiger charge is 2.10. The zero-order valence-electron chi connectivity index (χ0n) is 11.6. The largest absolute Gasteiger partial charge is 0.310 e. The number of rotatable bonds is 5. The summed E-state index contributed by atoms with van der Waals surface area (Å²) in [6, 6.07) is 8.10. The molecule has 20 heavy (non-hydrogen) atoms. The van der Waals surface area contributed by atoms with Crippen LogP contribution in [-0.2, 0) is 6.54 Å². The summed E-state index contributed by atoms with van der Waals surface area (Å²) in [7, 11) is 0. The molecule has 5 nitrogen and oxygen atoms in total. The third kappa shape index (κ3) is 2.71. The van der Waals surface area contributed by atoms with Gasteiger partial charge in [0.15, 0.2) is 0 Å². The van der Waals surface area contributed by atoms with Crippen LogP contribution in [0.15, 0.2) is 30.5 Å². The molecule has 0 aliphatic carbocycles. The molecule has 1 N–H and O–H groups in total. The maximum Gasteiger partial charge on any atom is 0.233 e. The van der Waals surface area contributed by atoms with Crippen LogP contribution >= 0.6 is 11.3 Å². The van der Waals surface area contributed by atoms with Crippen LogP contribution in [0.2, 0.25) is 0 Å². The molecule has 0 saturated heterocycles. The molecule has 0 bridgehead atoms. The molecule has 0 aliphatic rings. The number of nitrogens with one attached hydrogen (secondary N) is 1. The smallest absolute Gasteiger partial charge is 0.233 e. The maximum absolute atomic E-state index is 4.39. The summed E-state index contributed by atoms with van der Waals surface area (Å²) >= 11 is 1.57. The van der Waals surface area contributed by atoms with E-state index in [9.17, 15) is 0 Å². The lowest BCUT2D eigenvalue weighted by atomic mass is 10.2. The van der Waals surface area contributed by atoms with Crippen LogP contribution < -0.4 is 5.32 Å². The number of hydrogen-bond donors (Lipinski definition) is 1. The van der Waals surface area contributed by atoms with E-state index in [1.54, 1.807) is 11.3 Å². The van der Waals surface area contributed by atoms with Gasteiger partial charge in [-0.05, 0) is 18.5 Å². The fourth-order valence-corrected chi connectivity index (χ4v) is 2.77. The Bertz CT molecular complexity index is 700. The Morgan fingerprint density at radius 2 is 2.10 bits per heavy atom. The highest BCUT2D eigenvalue weighted by Crippen LogP contribution is 2.20. The summed E-state index contributed by atoms with van der Waals surface area (Å²) in [5, 5.41) is 19.1. The summed E-state index contributed by atoms with van der Waals surface area (Å²) in [4.78, 5) is 0. The van der Waals surface area contributed by atoms with Crippen molar-refractivity contribution in [3.63, 3.8) is 0 Å². The van der Waals surface area contributed by atoms with Gasteiger partial charge in [0.2, 0.25) is 5.13 Å². The summed E-state index contributed by atoms with van der Waals surface area (Å²) in [6.07, 6.45) is 1.85. The lowest BCUT2D eigenvalue weighted by molar-refractivity contribution is 0.550. The van der Waals surface area contributed by atoms with Crippen molar-refractivity contribution >= 4 is 22.2 Å². The molecule has 6 heteroatoms. The fourth-order valence-electron chi connectivity index (χ4n) is 1.99. The van der Waals surface area contributed by atoms with Crippen molar-refractivity contribution in [1.82, 2.24) is 25.3 Å². The molecule has 2 aromatic heterocycles. The molecule has 3 rings (SSSR count). The molecule has 1 aromatic carbocycles. The second-order valence-electron chi connectivity index (χ2n) is 5.12. The molecule has 2 heterocycles. The average Bonchev–Trinajstić information content (AvgIpc) is 3.04. The third-order valence-corrected chi connectivity index (χ3v) is 3.84. The topological polar surface area (TPSA) is 55.6 Å². The van der Waals surface area contributed by atoms with Crippen LogP contribution in [0.5, 0.6) is 0 Å². The first-order valence-corrected chi connectivity index (χ1v) is 7.52. The van der Waals surface area contributed by atoms with Crippen molar-refractivity contribution < 1.29 is 0 Å². The Morgan fingerprint density at radius 3 is 2.95 bits per heavy atom. The van der Waals surface area contributed by atoms with Crippen LogP contribution in [0.3, 0.4) is 0 Å². The van der Waals surface area contributed by atoms with Crippen molar-refractivity contribution in [3.8, 4) is 5.13 Å². The zero-order valence-corrected chi connectivity index (χ0v) is 12.4. The summed E-state index contributed by atoms with van der Waals surface area (Å²) in [6.45, 7) is 6.12. The van der Waals surface area contributed by atoms with Gasteiger partial charge < -0.3 is 5.32 Å². The first-order chi connectivity index (χ1) is 9.74. The molecule has 0 amide bonds. The van der Waals surface area contributed by atoms with Crippen LogP contribution in [0.25, 0.3) is 16.0 Å². The lowest BCUT2D eigenvalue weighted by Crippen LogP contribution is -2.18. The zero-order chi connectivity index (χ0) is 13.9. The van der Waals surface area contributed by atoms with E-state index in [4.69, 9.17) is 0 Å². The Hall–Kier alpha value is -1.79. The van der Waals surface area contributed by atoms with Crippen LogP contribution in [0.4, 0.5) is 0 Å². The predicted molar refractivity (Wildman–Crippen MR) is 81.1 cm³/mol. The van der Waals surface area contributed by atoms with Gasteiger partial charge in [-0.1, -0.05) is 43.4 Å². The van der Waals surface area contributed by atoms with Crippen molar-refractivity contribution in [3.05, 3.63) is 35.5 Å². The Morgan fingerprint density at radius 1 is 1.25 bits per heavy atom. The maximum atomic E-state index is 4.39. The summed E-state index contributed by atoms with van der Waals surface area (Å²) < 4.78 is 1.85. The van der Waals surface area contributed by atoms with E-state index in [1.807, 2.05) is 35.1 Å². The van der Waals surface area contributed by atoms with Gasteiger partial charge in [-0.3, -0.25) is 0 Å². The first kappa shape index (κ1) is 13.2. The SMILES string of the molecule is CC(C)CNCc1nnc(-n2ncc3ccccc32)s1. The van der Waals surface area contributed by atoms with Gasteiger partial charge in [-0.15, -0.1) is 10.2 Å². The average molecular weight is 287 g/mol. The van der Waals surface area contributed by atoms with E-state index < -0.39 is 0 Å². The minimum absolute atomic E-state index is 0.637. The van der Waals surface area contributed by atoms with Gasteiger partial charge in [0.1, 0.15) is 5.01 Å². The van der Waals surface area contributed by atoms with Gasteiger partial charge in [0.05, 0.1) is 11.7 Å². The molecular formula is C14H17N5S. The van der Waals surface area contributed by atoms with Crippen LogP contribution in [0.1, 0.15) is 18.9 Å². The van der Waals surface area contributed by atoms with E-state index in [2.05, 4.69) is 34.5 Å². The molecule has 0 aliphatic heterocycles. The second kappa shape index (κ2) is 5.68. The Balaban J connectivity index is 1.79. The van der Waals surface area contributed by atoms with Gasteiger partial charge in [0, 0.05) is 11.9 Å². The first-order valence-electron chi connectivity index (χ1n) is 6.70. The minimum atomic E-state index is 0.637. The van der Waals surface area contributed by atoms with Gasteiger partial charge in [-0.25, -0.2) is 4.68 Å². The fraction of sp³-hybridized carbons (Fsp3) is 0.357. The third-order valence-electron chi connectivity index (χ3n) is 2.94. The van der Waals surface area contributed by atoms with E-state index in [-0.39, 0.29) is 0 Å². The molecule has 0 fully saturated rings. The molecule has 104 valence electrons. The normalized spacial score (nSPS) is 11.6. The van der Waals surface area contributed by atoms with Crippen molar-refractivity contribution in [2.24, 2.45) is 5.92 Å². The van der Waals surface area contributed by atoms with Crippen molar-refractivity contribution in [1.29, 1.82) is 0 Å². The highest BCUT2D eigenvalue weighted by molar-refractivity contribution is 7.13. The van der Waals surface area contributed by atoms with E-state index in [0.717, 1.165) is 34.1 Å². The molecule has 3 aromatic rings.